The monoisotopic (exact) mass is 411 g/mol. The maximum Gasteiger partial charge on any atom is 0.260 e. The van der Waals surface area contributed by atoms with E-state index in [1.54, 1.807) is 13.0 Å². The molecule has 1 aliphatic rings. The summed E-state index contributed by atoms with van der Waals surface area (Å²) in [4.78, 5) is 13.9. The van der Waals surface area contributed by atoms with E-state index in [9.17, 15) is 18.7 Å². The fraction of sp³-hybridized carbons (Fsp3) is 0.350. The number of benzene rings is 2. The van der Waals surface area contributed by atoms with Crippen molar-refractivity contribution in [1.82, 2.24) is 4.90 Å². The molecular weight excluding hydrogens is 392 g/mol. The van der Waals surface area contributed by atoms with E-state index >= 15 is 0 Å². The molecule has 1 heterocycles. The number of halogens is 3. The van der Waals surface area contributed by atoms with Crippen LogP contribution in [0.2, 0.25) is 5.02 Å². The fourth-order valence-corrected chi connectivity index (χ4v) is 3.23. The lowest BCUT2D eigenvalue weighted by Crippen LogP contribution is -2.59. The van der Waals surface area contributed by atoms with Crippen LogP contribution in [0.1, 0.15) is 13.3 Å². The highest BCUT2D eigenvalue weighted by molar-refractivity contribution is 6.30. The van der Waals surface area contributed by atoms with Crippen LogP contribution in [0.5, 0.6) is 11.5 Å². The average Bonchev–Trinajstić information content (AvgIpc) is 2.64. The number of rotatable bonds is 5. The van der Waals surface area contributed by atoms with Crippen LogP contribution >= 0.6 is 11.6 Å². The SMILES string of the molecule is C[C@]1(O)CN(C(=O)COc2ccc(F)c(Cl)c2)CC[C@@H]1Oc1cccc(F)c1. The molecule has 2 aromatic carbocycles. The highest BCUT2D eigenvalue weighted by Gasteiger charge is 2.41. The van der Waals surface area contributed by atoms with Gasteiger partial charge in [-0.1, -0.05) is 17.7 Å². The van der Waals surface area contributed by atoms with E-state index in [1.807, 2.05) is 0 Å². The van der Waals surface area contributed by atoms with Gasteiger partial charge in [0.1, 0.15) is 34.8 Å². The van der Waals surface area contributed by atoms with E-state index in [4.69, 9.17) is 21.1 Å². The molecule has 5 nitrogen and oxygen atoms in total. The van der Waals surface area contributed by atoms with Crippen LogP contribution < -0.4 is 9.47 Å². The molecule has 0 aromatic heterocycles. The predicted octanol–water partition coefficient (Wildman–Crippen LogP) is 3.43. The molecule has 1 N–H and O–H groups in total. The van der Waals surface area contributed by atoms with E-state index in [1.165, 1.54) is 35.2 Å². The molecule has 1 aliphatic heterocycles. The molecule has 8 heteroatoms. The van der Waals surface area contributed by atoms with Crippen LogP contribution in [-0.4, -0.2) is 47.3 Å². The highest BCUT2D eigenvalue weighted by Crippen LogP contribution is 2.27. The Bertz CT molecular complexity index is 862. The largest absolute Gasteiger partial charge is 0.487 e. The van der Waals surface area contributed by atoms with Crippen molar-refractivity contribution in [3.05, 3.63) is 59.1 Å². The number of ether oxygens (including phenoxy) is 2. The van der Waals surface area contributed by atoms with Crippen molar-refractivity contribution < 1.29 is 28.2 Å². The molecule has 28 heavy (non-hydrogen) atoms. The molecule has 0 unspecified atom stereocenters. The van der Waals surface area contributed by atoms with Gasteiger partial charge in [-0.2, -0.15) is 0 Å². The lowest BCUT2D eigenvalue weighted by molar-refractivity contribution is -0.147. The van der Waals surface area contributed by atoms with Crippen molar-refractivity contribution in [3.8, 4) is 11.5 Å². The third-order valence-corrected chi connectivity index (χ3v) is 4.84. The first-order chi connectivity index (χ1) is 13.2. The van der Waals surface area contributed by atoms with Crippen LogP contribution in [0.4, 0.5) is 8.78 Å². The molecule has 0 saturated carbocycles. The first-order valence-electron chi connectivity index (χ1n) is 8.75. The minimum Gasteiger partial charge on any atom is -0.487 e. The van der Waals surface area contributed by atoms with Crippen LogP contribution in [0.25, 0.3) is 0 Å². The molecule has 0 bridgehead atoms. The van der Waals surface area contributed by atoms with E-state index in [-0.39, 0.29) is 29.8 Å². The Hall–Kier alpha value is -2.38. The second-order valence-corrected chi connectivity index (χ2v) is 7.30. The second kappa shape index (κ2) is 8.32. The van der Waals surface area contributed by atoms with Gasteiger partial charge < -0.3 is 19.5 Å². The summed E-state index contributed by atoms with van der Waals surface area (Å²) in [6, 6.07) is 9.51. The average molecular weight is 412 g/mol. The Labute approximate surface area is 166 Å². The number of aliphatic hydroxyl groups is 1. The summed E-state index contributed by atoms with van der Waals surface area (Å²) in [5, 5.41) is 10.6. The third-order valence-electron chi connectivity index (χ3n) is 4.55. The minimum atomic E-state index is -1.32. The summed E-state index contributed by atoms with van der Waals surface area (Å²) in [5.74, 6) is -0.734. The Morgan fingerprint density at radius 3 is 2.75 bits per heavy atom. The van der Waals surface area contributed by atoms with Crippen LogP contribution in [0.3, 0.4) is 0 Å². The molecule has 0 spiro atoms. The molecule has 1 amide bonds. The van der Waals surface area contributed by atoms with E-state index in [0.29, 0.717) is 18.7 Å². The van der Waals surface area contributed by atoms with Crippen LogP contribution in [-0.2, 0) is 4.79 Å². The number of likely N-dealkylation sites (tertiary alicyclic amines) is 1. The number of β-amino-alcohol motifs (C(OH)–C–C–N with tert-alkyl or cyclic N) is 1. The molecule has 2 aromatic rings. The number of carbonyl (C=O) groups is 1. The molecule has 0 radical (unpaired) electrons. The molecule has 1 saturated heterocycles. The van der Waals surface area contributed by atoms with Crippen molar-refractivity contribution in [2.45, 2.75) is 25.0 Å². The highest BCUT2D eigenvalue weighted by atomic mass is 35.5. The Morgan fingerprint density at radius 2 is 2.07 bits per heavy atom. The Kier molecular flexibility index (Phi) is 6.05. The van der Waals surface area contributed by atoms with Crippen molar-refractivity contribution in [3.63, 3.8) is 0 Å². The van der Waals surface area contributed by atoms with Gasteiger partial charge in [0.2, 0.25) is 0 Å². The zero-order chi connectivity index (χ0) is 20.3. The summed E-state index contributed by atoms with van der Waals surface area (Å²) >= 11 is 5.69. The maximum absolute atomic E-state index is 13.3. The van der Waals surface area contributed by atoms with Gasteiger partial charge in [-0.05, 0) is 31.2 Å². The van der Waals surface area contributed by atoms with Crippen molar-refractivity contribution in [2.24, 2.45) is 0 Å². The smallest absolute Gasteiger partial charge is 0.260 e. The molecule has 1 fully saturated rings. The van der Waals surface area contributed by atoms with Gasteiger partial charge in [0, 0.05) is 25.1 Å². The lowest BCUT2D eigenvalue weighted by Gasteiger charge is -2.42. The first kappa shape index (κ1) is 20.4. The first-order valence-corrected chi connectivity index (χ1v) is 9.12. The summed E-state index contributed by atoms with van der Waals surface area (Å²) in [5.41, 5.74) is -1.32. The van der Waals surface area contributed by atoms with Gasteiger partial charge in [0.05, 0.1) is 11.6 Å². The van der Waals surface area contributed by atoms with Gasteiger partial charge in [-0.15, -0.1) is 0 Å². The molecule has 0 aliphatic carbocycles. The standard InChI is InChI=1S/C20H20ClF2NO4/c1-20(26)12-24(8-7-18(20)28-15-4-2-3-13(22)9-15)19(25)11-27-14-5-6-17(23)16(21)10-14/h2-6,9-10,18,26H,7-8,11-12H2,1H3/t18-,20-/m0/s1. The third kappa shape index (κ3) is 4.91. The van der Waals surface area contributed by atoms with Gasteiger partial charge in [-0.25, -0.2) is 8.78 Å². The molecule has 3 rings (SSSR count). The Balaban J connectivity index is 1.56. The number of carbonyl (C=O) groups excluding carboxylic acids is 1. The lowest BCUT2D eigenvalue weighted by atomic mass is 9.91. The quantitative estimate of drug-likeness (QED) is 0.819. The number of hydrogen-bond donors (Lipinski definition) is 1. The predicted molar refractivity (Wildman–Crippen MR) is 99.5 cm³/mol. The summed E-state index contributed by atoms with van der Waals surface area (Å²) in [6.45, 7) is 1.69. The molecule has 2 atom stereocenters. The summed E-state index contributed by atoms with van der Waals surface area (Å²) in [6.07, 6.45) is -0.215. The van der Waals surface area contributed by atoms with E-state index in [2.05, 4.69) is 0 Å². The van der Waals surface area contributed by atoms with Gasteiger partial charge in [-0.3, -0.25) is 4.79 Å². The van der Waals surface area contributed by atoms with Crippen molar-refractivity contribution >= 4 is 17.5 Å². The zero-order valence-corrected chi connectivity index (χ0v) is 16.0. The zero-order valence-electron chi connectivity index (χ0n) is 15.2. The minimum absolute atomic E-state index is 0.0410. The number of hydrogen-bond acceptors (Lipinski definition) is 4. The Morgan fingerprint density at radius 1 is 1.29 bits per heavy atom. The van der Waals surface area contributed by atoms with Gasteiger partial charge >= 0.3 is 0 Å². The molecular formula is C20H20ClF2NO4. The maximum atomic E-state index is 13.3. The van der Waals surface area contributed by atoms with E-state index in [0.717, 1.165) is 6.07 Å². The summed E-state index contributed by atoms with van der Waals surface area (Å²) < 4.78 is 37.6. The normalized spacial score (nSPS) is 22.0. The number of amides is 1. The van der Waals surface area contributed by atoms with E-state index < -0.39 is 23.3 Å². The van der Waals surface area contributed by atoms with Gasteiger partial charge in [0.15, 0.2) is 6.61 Å². The topological polar surface area (TPSA) is 59.0 Å². The van der Waals surface area contributed by atoms with Crippen molar-refractivity contribution in [1.29, 1.82) is 0 Å². The number of nitrogens with zero attached hydrogens (tertiary/aromatic N) is 1. The summed E-state index contributed by atoms with van der Waals surface area (Å²) in [7, 11) is 0. The van der Waals surface area contributed by atoms with Crippen LogP contribution in [0, 0.1) is 11.6 Å². The van der Waals surface area contributed by atoms with Gasteiger partial charge in [0.25, 0.3) is 5.91 Å². The van der Waals surface area contributed by atoms with Crippen molar-refractivity contribution in [2.75, 3.05) is 19.7 Å². The molecule has 150 valence electrons. The van der Waals surface area contributed by atoms with Crippen LogP contribution in [0.15, 0.2) is 42.5 Å². The number of piperidine rings is 1. The fourth-order valence-electron chi connectivity index (χ4n) is 3.06. The second-order valence-electron chi connectivity index (χ2n) is 6.89.